The van der Waals surface area contributed by atoms with Gasteiger partial charge in [0, 0.05) is 11.1 Å². The third-order valence-electron chi connectivity index (χ3n) is 5.80. The van der Waals surface area contributed by atoms with E-state index in [1.807, 2.05) is 12.1 Å². The zero-order chi connectivity index (χ0) is 21.5. The summed E-state index contributed by atoms with van der Waals surface area (Å²) in [6.45, 7) is 4.36. The van der Waals surface area contributed by atoms with Crippen LogP contribution >= 0.6 is 11.6 Å². The summed E-state index contributed by atoms with van der Waals surface area (Å²) in [7, 11) is 0. The van der Waals surface area contributed by atoms with Crippen molar-refractivity contribution in [3.05, 3.63) is 64.7 Å². The molecule has 1 saturated carbocycles. The molecule has 3 rings (SSSR count). The third kappa shape index (κ3) is 5.99. The zero-order valence-electron chi connectivity index (χ0n) is 17.4. The summed E-state index contributed by atoms with van der Waals surface area (Å²) in [5.41, 5.74) is 1.22. The van der Waals surface area contributed by atoms with Gasteiger partial charge in [-0.1, -0.05) is 62.6 Å². The van der Waals surface area contributed by atoms with E-state index in [9.17, 15) is 9.59 Å². The van der Waals surface area contributed by atoms with E-state index in [1.54, 1.807) is 36.4 Å². The van der Waals surface area contributed by atoms with E-state index >= 15 is 0 Å². The topological polar surface area (TPSA) is 64.6 Å². The lowest BCUT2D eigenvalue weighted by atomic mass is 9.78. The maximum Gasteiger partial charge on any atom is 0.342 e. The van der Waals surface area contributed by atoms with Crippen molar-refractivity contribution in [3.8, 4) is 5.75 Å². The van der Waals surface area contributed by atoms with Crippen LogP contribution in [0.3, 0.4) is 0 Å². The van der Waals surface area contributed by atoms with E-state index in [4.69, 9.17) is 21.1 Å². The van der Waals surface area contributed by atoms with Crippen molar-refractivity contribution in [1.29, 1.82) is 0 Å². The van der Waals surface area contributed by atoms with Crippen LogP contribution in [-0.4, -0.2) is 24.5 Å². The average molecular weight is 430 g/mol. The van der Waals surface area contributed by atoms with Crippen molar-refractivity contribution in [2.75, 3.05) is 6.61 Å². The molecule has 3 atom stereocenters. The largest absolute Gasteiger partial charge is 0.488 e. The second-order valence-electron chi connectivity index (χ2n) is 7.93. The second-order valence-corrected chi connectivity index (χ2v) is 8.37. The van der Waals surface area contributed by atoms with Crippen LogP contribution in [0.5, 0.6) is 5.75 Å². The van der Waals surface area contributed by atoms with Gasteiger partial charge in [-0.05, 0) is 48.1 Å². The number of hydrogen-bond acceptors (Lipinski definition) is 4. The Morgan fingerprint density at radius 3 is 2.57 bits per heavy atom. The van der Waals surface area contributed by atoms with Gasteiger partial charge in [0.2, 0.25) is 0 Å². The summed E-state index contributed by atoms with van der Waals surface area (Å²) >= 11 is 5.90. The molecule has 5 nitrogen and oxygen atoms in total. The number of amides is 1. The lowest BCUT2D eigenvalue weighted by Gasteiger charge is -2.34. The van der Waals surface area contributed by atoms with Gasteiger partial charge in [0.1, 0.15) is 17.9 Å². The molecule has 0 radical (unpaired) electrons. The Bertz CT molecular complexity index is 868. The molecule has 0 aromatic heterocycles. The quantitative estimate of drug-likeness (QED) is 0.628. The summed E-state index contributed by atoms with van der Waals surface area (Å²) < 4.78 is 11.0. The Morgan fingerprint density at radius 2 is 1.80 bits per heavy atom. The standard InChI is InChI=1S/C24H28ClNO4/c1-16-6-5-8-21(17(16)2)26-23(27)15-30-24(28)20-7-3-4-9-22(20)29-14-18-10-12-19(25)13-11-18/h3-4,7,9-13,16-17,21H,5-6,8,14-15H2,1-2H3,(H,26,27). The van der Waals surface area contributed by atoms with Crippen molar-refractivity contribution in [1.82, 2.24) is 5.32 Å². The molecule has 1 amide bonds. The summed E-state index contributed by atoms with van der Waals surface area (Å²) in [5.74, 6) is 0.556. The molecule has 0 aliphatic heterocycles. The summed E-state index contributed by atoms with van der Waals surface area (Å²) in [5, 5.41) is 3.66. The molecule has 0 saturated heterocycles. The number of nitrogens with one attached hydrogen (secondary N) is 1. The van der Waals surface area contributed by atoms with Gasteiger partial charge in [-0.3, -0.25) is 4.79 Å². The van der Waals surface area contributed by atoms with Crippen LogP contribution in [0.15, 0.2) is 48.5 Å². The fourth-order valence-corrected chi connectivity index (χ4v) is 3.87. The molecule has 0 bridgehead atoms. The molecule has 1 N–H and O–H groups in total. The fourth-order valence-electron chi connectivity index (χ4n) is 3.75. The van der Waals surface area contributed by atoms with Crippen LogP contribution in [0.2, 0.25) is 5.02 Å². The van der Waals surface area contributed by atoms with Crippen LogP contribution in [0.25, 0.3) is 0 Å². The molecule has 0 heterocycles. The minimum Gasteiger partial charge on any atom is -0.488 e. The van der Waals surface area contributed by atoms with Gasteiger partial charge in [0.15, 0.2) is 6.61 Å². The highest BCUT2D eigenvalue weighted by molar-refractivity contribution is 6.30. The van der Waals surface area contributed by atoms with Gasteiger partial charge < -0.3 is 14.8 Å². The van der Waals surface area contributed by atoms with Gasteiger partial charge in [-0.15, -0.1) is 0 Å². The molecule has 160 valence electrons. The Balaban J connectivity index is 1.53. The maximum atomic E-state index is 12.5. The van der Waals surface area contributed by atoms with Crippen LogP contribution in [0, 0.1) is 11.8 Å². The molecule has 1 aliphatic carbocycles. The predicted molar refractivity (Wildman–Crippen MR) is 117 cm³/mol. The molecule has 2 aromatic carbocycles. The van der Waals surface area contributed by atoms with E-state index in [2.05, 4.69) is 19.2 Å². The Hall–Kier alpha value is -2.53. The van der Waals surface area contributed by atoms with Gasteiger partial charge in [-0.25, -0.2) is 4.79 Å². The number of ether oxygens (including phenoxy) is 2. The first-order chi connectivity index (χ1) is 14.4. The first kappa shape index (κ1) is 22.2. The van der Waals surface area contributed by atoms with E-state index < -0.39 is 5.97 Å². The van der Waals surface area contributed by atoms with Crippen molar-refractivity contribution in [2.45, 2.75) is 45.8 Å². The summed E-state index contributed by atoms with van der Waals surface area (Å²) in [4.78, 5) is 24.8. The highest BCUT2D eigenvalue weighted by Crippen LogP contribution is 2.29. The smallest absolute Gasteiger partial charge is 0.342 e. The number of rotatable bonds is 7. The molecule has 0 spiro atoms. The molecule has 2 aromatic rings. The lowest BCUT2D eigenvalue weighted by molar-refractivity contribution is -0.125. The fraction of sp³-hybridized carbons (Fsp3) is 0.417. The minimum absolute atomic E-state index is 0.134. The SMILES string of the molecule is CC1CCCC(NC(=O)COC(=O)c2ccccc2OCc2ccc(Cl)cc2)C1C. The number of carbonyl (C=O) groups is 2. The van der Waals surface area contributed by atoms with Crippen molar-refractivity contribution >= 4 is 23.5 Å². The van der Waals surface area contributed by atoms with Gasteiger partial charge in [0.05, 0.1) is 0 Å². The zero-order valence-corrected chi connectivity index (χ0v) is 18.2. The highest BCUT2D eigenvalue weighted by atomic mass is 35.5. The number of hydrogen-bond donors (Lipinski definition) is 1. The summed E-state index contributed by atoms with van der Waals surface area (Å²) in [6, 6.07) is 14.3. The molecule has 1 aliphatic rings. The number of esters is 1. The molecular weight excluding hydrogens is 402 g/mol. The Kier molecular flexibility index (Phi) is 7.75. The van der Waals surface area contributed by atoms with Crippen molar-refractivity contribution < 1.29 is 19.1 Å². The van der Waals surface area contributed by atoms with E-state index in [0.717, 1.165) is 18.4 Å². The van der Waals surface area contributed by atoms with Gasteiger partial charge >= 0.3 is 5.97 Å². The number of carbonyl (C=O) groups excluding carboxylic acids is 2. The highest BCUT2D eigenvalue weighted by Gasteiger charge is 2.28. The summed E-state index contributed by atoms with van der Waals surface area (Å²) in [6.07, 6.45) is 3.26. The maximum absolute atomic E-state index is 12.5. The van der Waals surface area contributed by atoms with E-state index in [1.165, 1.54) is 6.42 Å². The first-order valence-electron chi connectivity index (χ1n) is 10.4. The van der Waals surface area contributed by atoms with Gasteiger partial charge in [-0.2, -0.15) is 0 Å². The van der Waals surface area contributed by atoms with Crippen LogP contribution < -0.4 is 10.1 Å². The monoisotopic (exact) mass is 429 g/mol. The Morgan fingerprint density at radius 1 is 1.07 bits per heavy atom. The predicted octanol–water partition coefficient (Wildman–Crippen LogP) is 5.02. The van der Waals surface area contributed by atoms with Crippen LogP contribution in [0.4, 0.5) is 0 Å². The Labute approximate surface area is 182 Å². The van der Waals surface area contributed by atoms with Crippen molar-refractivity contribution in [3.63, 3.8) is 0 Å². The second kappa shape index (κ2) is 10.5. The number of para-hydroxylation sites is 1. The molecule has 3 unspecified atom stereocenters. The van der Waals surface area contributed by atoms with Gasteiger partial charge in [0.25, 0.3) is 5.91 Å². The minimum atomic E-state index is -0.582. The normalized spacial score (nSPS) is 21.0. The molecule has 1 fully saturated rings. The van der Waals surface area contributed by atoms with E-state index in [-0.39, 0.29) is 18.6 Å². The third-order valence-corrected chi connectivity index (χ3v) is 6.05. The average Bonchev–Trinajstić information content (AvgIpc) is 2.75. The molecular formula is C24H28ClNO4. The van der Waals surface area contributed by atoms with Crippen LogP contribution in [0.1, 0.15) is 49.0 Å². The molecule has 30 heavy (non-hydrogen) atoms. The van der Waals surface area contributed by atoms with Crippen LogP contribution in [-0.2, 0) is 16.1 Å². The lowest BCUT2D eigenvalue weighted by Crippen LogP contribution is -2.45. The molecule has 6 heteroatoms. The van der Waals surface area contributed by atoms with E-state index in [0.29, 0.717) is 34.8 Å². The first-order valence-corrected chi connectivity index (χ1v) is 10.7. The number of benzene rings is 2. The van der Waals surface area contributed by atoms with Crippen molar-refractivity contribution in [2.24, 2.45) is 11.8 Å². The number of halogens is 1.